The number of thioether (sulfide) groups is 1. The molecule has 0 fully saturated rings. The number of aryl methyl sites for hydroxylation is 1. The Morgan fingerprint density at radius 2 is 1.83 bits per heavy atom. The van der Waals surface area contributed by atoms with Crippen LogP contribution in [-0.4, -0.2) is 30.4 Å². The molecule has 1 heterocycles. The highest BCUT2D eigenvalue weighted by molar-refractivity contribution is 7.98. The first-order valence-electron chi connectivity index (χ1n) is 9.08. The van der Waals surface area contributed by atoms with Crippen LogP contribution in [-0.2, 0) is 6.42 Å². The van der Waals surface area contributed by atoms with Gasteiger partial charge in [0.2, 0.25) is 0 Å². The number of nitrogens with zero attached hydrogens (tertiary/aromatic N) is 3. The van der Waals surface area contributed by atoms with Crippen molar-refractivity contribution in [2.75, 3.05) is 25.8 Å². The third-order valence-electron chi connectivity index (χ3n) is 4.49. The molecule has 0 aliphatic carbocycles. The van der Waals surface area contributed by atoms with E-state index in [2.05, 4.69) is 34.3 Å². The number of hydrogen-bond acceptors (Lipinski definition) is 7. The van der Waals surface area contributed by atoms with E-state index in [9.17, 15) is 5.26 Å². The number of nitriles is 1. The average molecular weight is 407 g/mol. The summed E-state index contributed by atoms with van der Waals surface area (Å²) in [5.74, 6) is 1.67. The zero-order chi connectivity index (χ0) is 20.8. The van der Waals surface area contributed by atoms with Crippen molar-refractivity contribution in [3.8, 4) is 28.8 Å². The van der Waals surface area contributed by atoms with Gasteiger partial charge >= 0.3 is 0 Å². The number of para-hydroxylation sites is 1. The standard InChI is InChI=1S/C22H22N4O2S/c1-5-14-8-6-7-9-17(14)24-21-16(13-23)20(25-22(26-21)29-4)15-10-11-18(27-2)19(12-15)28-3/h6-12H,5H2,1-4H3,(H,24,25,26). The summed E-state index contributed by atoms with van der Waals surface area (Å²) in [5.41, 5.74) is 3.75. The molecule has 0 amide bonds. The monoisotopic (exact) mass is 406 g/mol. The number of anilines is 2. The van der Waals surface area contributed by atoms with Crippen molar-refractivity contribution >= 4 is 23.3 Å². The first-order chi connectivity index (χ1) is 14.1. The molecule has 7 heteroatoms. The molecular weight excluding hydrogens is 384 g/mol. The topological polar surface area (TPSA) is 80.1 Å². The second kappa shape index (κ2) is 9.30. The number of benzene rings is 2. The van der Waals surface area contributed by atoms with Crippen LogP contribution in [0.15, 0.2) is 47.6 Å². The maximum Gasteiger partial charge on any atom is 0.189 e. The van der Waals surface area contributed by atoms with Gasteiger partial charge in [0, 0.05) is 11.3 Å². The molecule has 0 bridgehead atoms. The Morgan fingerprint density at radius 1 is 1.07 bits per heavy atom. The van der Waals surface area contributed by atoms with E-state index in [0.29, 0.717) is 33.7 Å². The Morgan fingerprint density at radius 3 is 2.48 bits per heavy atom. The van der Waals surface area contributed by atoms with E-state index in [-0.39, 0.29) is 0 Å². The summed E-state index contributed by atoms with van der Waals surface area (Å²) in [6.07, 6.45) is 2.78. The van der Waals surface area contributed by atoms with Crippen LogP contribution in [0.25, 0.3) is 11.3 Å². The van der Waals surface area contributed by atoms with Gasteiger partial charge in [0.05, 0.1) is 19.9 Å². The van der Waals surface area contributed by atoms with Crippen LogP contribution in [0.2, 0.25) is 0 Å². The van der Waals surface area contributed by atoms with Gasteiger partial charge in [-0.3, -0.25) is 0 Å². The molecule has 1 aromatic heterocycles. The normalized spacial score (nSPS) is 10.3. The molecule has 2 aromatic carbocycles. The molecule has 0 atom stereocenters. The molecule has 0 saturated heterocycles. The number of hydrogen-bond donors (Lipinski definition) is 1. The minimum absolute atomic E-state index is 0.376. The summed E-state index contributed by atoms with van der Waals surface area (Å²) in [6, 6.07) is 15.7. The van der Waals surface area contributed by atoms with Gasteiger partial charge in [-0.25, -0.2) is 9.97 Å². The lowest BCUT2D eigenvalue weighted by molar-refractivity contribution is 0.355. The predicted molar refractivity (Wildman–Crippen MR) is 116 cm³/mol. The summed E-state index contributed by atoms with van der Waals surface area (Å²) in [7, 11) is 3.16. The largest absolute Gasteiger partial charge is 0.493 e. The van der Waals surface area contributed by atoms with E-state index in [4.69, 9.17) is 9.47 Å². The van der Waals surface area contributed by atoms with Crippen molar-refractivity contribution < 1.29 is 9.47 Å². The molecule has 0 spiro atoms. The van der Waals surface area contributed by atoms with E-state index in [1.165, 1.54) is 11.8 Å². The van der Waals surface area contributed by atoms with E-state index in [0.717, 1.165) is 23.2 Å². The van der Waals surface area contributed by atoms with E-state index in [1.54, 1.807) is 20.3 Å². The fourth-order valence-electron chi connectivity index (χ4n) is 3.00. The Kier molecular flexibility index (Phi) is 6.57. The smallest absolute Gasteiger partial charge is 0.189 e. The number of rotatable bonds is 7. The number of nitrogens with one attached hydrogen (secondary N) is 1. The summed E-state index contributed by atoms with van der Waals surface area (Å²) in [6.45, 7) is 2.09. The van der Waals surface area contributed by atoms with Crippen molar-refractivity contribution in [3.63, 3.8) is 0 Å². The molecule has 0 saturated carbocycles. The van der Waals surface area contributed by atoms with Gasteiger partial charge in [0.1, 0.15) is 11.6 Å². The SMILES string of the molecule is CCc1ccccc1Nc1nc(SC)nc(-c2ccc(OC)c(OC)c2)c1C#N. The van der Waals surface area contributed by atoms with Gasteiger partial charge in [-0.2, -0.15) is 5.26 Å². The maximum absolute atomic E-state index is 9.92. The highest BCUT2D eigenvalue weighted by Crippen LogP contribution is 2.35. The quantitative estimate of drug-likeness (QED) is 0.434. The van der Waals surface area contributed by atoms with Gasteiger partial charge in [0.25, 0.3) is 0 Å². The second-order valence-corrected chi connectivity index (χ2v) is 6.87. The van der Waals surface area contributed by atoms with Gasteiger partial charge < -0.3 is 14.8 Å². The lowest BCUT2D eigenvalue weighted by Gasteiger charge is -2.15. The summed E-state index contributed by atoms with van der Waals surface area (Å²) >= 11 is 1.42. The van der Waals surface area contributed by atoms with Crippen LogP contribution >= 0.6 is 11.8 Å². The maximum atomic E-state index is 9.92. The third kappa shape index (κ3) is 4.28. The lowest BCUT2D eigenvalue weighted by atomic mass is 10.1. The molecule has 29 heavy (non-hydrogen) atoms. The lowest BCUT2D eigenvalue weighted by Crippen LogP contribution is -2.05. The molecule has 0 radical (unpaired) electrons. The number of ether oxygens (including phenoxy) is 2. The van der Waals surface area contributed by atoms with Crippen molar-refractivity contribution in [1.82, 2.24) is 9.97 Å². The number of methoxy groups -OCH3 is 2. The van der Waals surface area contributed by atoms with Crippen LogP contribution in [0.5, 0.6) is 11.5 Å². The van der Waals surface area contributed by atoms with Crippen molar-refractivity contribution in [1.29, 1.82) is 5.26 Å². The summed E-state index contributed by atoms with van der Waals surface area (Å²) in [5, 5.41) is 13.8. The van der Waals surface area contributed by atoms with Crippen molar-refractivity contribution in [2.45, 2.75) is 18.5 Å². The van der Waals surface area contributed by atoms with Gasteiger partial charge in [0.15, 0.2) is 22.5 Å². The zero-order valence-corrected chi connectivity index (χ0v) is 17.6. The van der Waals surface area contributed by atoms with Crippen LogP contribution in [0.4, 0.5) is 11.5 Å². The van der Waals surface area contributed by atoms with Crippen LogP contribution in [0, 0.1) is 11.3 Å². The van der Waals surface area contributed by atoms with Crippen LogP contribution in [0.3, 0.4) is 0 Å². The fourth-order valence-corrected chi connectivity index (χ4v) is 3.36. The first-order valence-corrected chi connectivity index (χ1v) is 10.3. The minimum Gasteiger partial charge on any atom is -0.493 e. The van der Waals surface area contributed by atoms with Crippen LogP contribution < -0.4 is 14.8 Å². The minimum atomic E-state index is 0.376. The predicted octanol–water partition coefficient (Wildman–Crippen LogP) is 5.06. The molecule has 0 aliphatic heterocycles. The van der Waals surface area contributed by atoms with Crippen molar-refractivity contribution in [2.24, 2.45) is 0 Å². The second-order valence-electron chi connectivity index (χ2n) is 6.10. The van der Waals surface area contributed by atoms with Gasteiger partial charge in [-0.05, 0) is 42.5 Å². The zero-order valence-electron chi connectivity index (χ0n) is 16.8. The number of aromatic nitrogens is 2. The molecule has 6 nitrogen and oxygen atoms in total. The molecule has 3 rings (SSSR count). The average Bonchev–Trinajstić information content (AvgIpc) is 2.78. The Hall–Kier alpha value is -3.24. The third-order valence-corrected chi connectivity index (χ3v) is 5.04. The Bertz CT molecular complexity index is 1060. The van der Waals surface area contributed by atoms with Gasteiger partial charge in [-0.15, -0.1) is 0 Å². The molecule has 3 aromatic rings. The molecule has 1 N–H and O–H groups in total. The first kappa shape index (κ1) is 20.5. The van der Waals surface area contributed by atoms with E-state index < -0.39 is 0 Å². The molecule has 148 valence electrons. The van der Waals surface area contributed by atoms with Crippen molar-refractivity contribution in [3.05, 3.63) is 53.6 Å². The Balaban J connectivity index is 2.16. The molecule has 0 unspecified atom stereocenters. The molecular formula is C22H22N4O2S. The van der Waals surface area contributed by atoms with E-state index >= 15 is 0 Å². The summed E-state index contributed by atoms with van der Waals surface area (Å²) < 4.78 is 10.7. The summed E-state index contributed by atoms with van der Waals surface area (Å²) in [4.78, 5) is 9.16. The fraction of sp³-hybridized carbons (Fsp3) is 0.227. The highest BCUT2D eigenvalue weighted by atomic mass is 32.2. The Labute approximate surface area is 174 Å². The van der Waals surface area contributed by atoms with E-state index in [1.807, 2.05) is 36.6 Å². The van der Waals surface area contributed by atoms with Crippen LogP contribution in [0.1, 0.15) is 18.1 Å². The molecule has 0 aliphatic rings. The van der Waals surface area contributed by atoms with Gasteiger partial charge in [-0.1, -0.05) is 36.9 Å². The highest BCUT2D eigenvalue weighted by Gasteiger charge is 2.18.